The fourth-order valence-electron chi connectivity index (χ4n) is 8.22. The average Bonchev–Trinajstić information content (AvgIpc) is 3.32. The van der Waals surface area contributed by atoms with E-state index < -0.39 is 87.9 Å². The van der Waals surface area contributed by atoms with E-state index in [-0.39, 0.29) is 6.42 Å². The molecule has 6 aliphatic rings. The lowest BCUT2D eigenvalue weighted by Gasteiger charge is -2.46. The number of hydrogen-bond donors (Lipinski definition) is 3. The van der Waals surface area contributed by atoms with Gasteiger partial charge in [-0.05, 0) is 12.3 Å². The number of ether oxygens (including phenoxy) is 4. The fourth-order valence-corrected chi connectivity index (χ4v) is 8.22. The molecule has 3 unspecified atom stereocenters. The largest absolute Gasteiger partial charge is 0.459 e. The minimum atomic E-state index is -2.12. The smallest absolute Gasteiger partial charge is 0.342 e. The highest BCUT2D eigenvalue weighted by Gasteiger charge is 3.02. The summed E-state index contributed by atoms with van der Waals surface area (Å²) >= 11 is 0. The Bertz CT molecular complexity index is 925. The second-order valence-electron chi connectivity index (χ2n) is 10.7. The van der Waals surface area contributed by atoms with Gasteiger partial charge in [-0.1, -0.05) is 20.8 Å². The molecule has 4 saturated heterocycles. The number of fused-ring (bicyclic) bond motifs is 1. The zero-order valence-corrected chi connectivity index (χ0v) is 16.9. The minimum Gasteiger partial charge on any atom is -0.459 e. The molecular formula is C20H24O10. The van der Waals surface area contributed by atoms with Crippen molar-refractivity contribution < 1.29 is 48.7 Å². The van der Waals surface area contributed by atoms with E-state index in [9.17, 15) is 29.7 Å². The topological polar surface area (TPSA) is 149 Å². The van der Waals surface area contributed by atoms with Crippen LogP contribution in [0.3, 0.4) is 0 Å². The molecule has 10 heteroatoms. The first-order valence-corrected chi connectivity index (χ1v) is 10.2. The molecule has 0 aromatic carbocycles. The quantitative estimate of drug-likeness (QED) is 0.314. The van der Waals surface area contributed by atoms with Gasteiger partial charge in [-0.3, -0.25) is 4.79 Å². The minimum absolute atomic E-state index is 0.107. The number of aliphatic hydroxyl groups excluding tert-OH is 2. The van der Waals surface area contributed by atoms with Crippen LogP contribution in [0.4, 0.5) is 0 Å². The standard InChI is InChI=1S/C20H24O10/c1-6-12(23)27-7-5-17-11-8(21)9(16(2,3)4)18(17)10(22)13(24)29-15(18)30-20(17,14(25)28-11)19(6,7)26/h6-11,15,21-22,26H,5H2,1-4H3/t6-,7+,8-,9+,10+,11-,15-,17?,18?,19-,20?/m1/s1. The monoisotopic (exact) mass is 424 g/mol. The summed E-state index contributed by atoms with van der Waals surface area (Å²) in [5.74, 6) is -4.43. The van der Waals surface area contributed by atoms with Crippen LogP contribution in [-0.4, -0.2) is 75.1 Å². The summed E-state index contributed by atoms with van der Waals surface area (Å²) in [5, 5.41) is 34.4. The summed E-state index contributed by atoms with van der Waals surface area (Å²) in [4.78, 5) is 38.2. The summed E-state index contributed by atoms with van der Waals surface area (Å²) in [6.07, 6.45) is -6.73. The first kappa shape index (κ1) is 19.0. The molecule has 164 valence electrons. The Morgan fingerprint density at radius 2 is 1.70 bits per heavy atom. The van der Waals surface area contributed by atoms with Gasteiger partial charge in [0.2, 0.25) is 11.9 Å². The van der Waals surface area contributed by atoms with Gasteiger partial charge in [-0.15, -0.1) is 0 Å². The normalized spacial score (nSPS) is 60.1. The number of esters is 3. The van der Waals surface area contributed by atoms with Gasteiger partial charge in [-0.25, -0.2) is 9.59 Å². The Kier molecular flexibility index (Phi) is 2.97. The Hall–Kier alpha value is -1.75. The van der Waals surface area contributed by atoms with Gasteiger partial charge in [0.15, 0.2) is 11.7 Å². The van der Waals surface area contributed by atoms with Crippen molar-refractivity contribution in [1.82, 2.24) is 0 Å². The summed E-state index contributed by atoms with van der Waals surface area (Å²) < 4.78 is 22.6. The van der Waals surface area contributed by atoms with Crippen molar-refractivity contribution in [2.45, 2.75) is 76.0 Å². The lowest BCUT2D eigenvalue weighted by Crippen LogP contribution is -2.66. The van der Waals surface area contributed by atoms with Gasteiger partial charge in [-0.2, -0.15) is 0 Å². The SMILES string of the molecule is C[C@@H]1C(=O)O[C@H]2CC34[C@@H]5OC(=O)C3(O[C@H]3OC(=O)[C@H](O)C34[C@H](C(C)(C)C)[C@H]5O)[C@]21O. The predicted octanol–water partition coefficient (Wildman–Crippen LogP) is -1.37. The maximum Gasteiger partial charge on any atom is 0.342 e. The lowest BCUT2D eigenvalue weighted by atomic mass is 9.51. The third-order valence-corrected chi connectivity index (χ3v) is 8.91. The Morgan fingerprint density at radius 1 is 1.03 bits per heavy atom. The molecule has 0 radical (unpaired) electrons. The summed E-state index contributed by atoms with van der Waals surface area (Å²) in [5.41, 5.74) is -7.95. The predicted molar refractivity (Wildman–Crippen MR) is 92.0 cm³/mol. The van der Waals surface area contributed by atoms with Crippen LogP contribution in [0.5, 0.6) is 0 Å². The van der Waals surface area contributed by atoms with E-state index in [1.54, 1.807) is 0 Å². The molecule has 6 rings (SSSR count). The van der Waals surface area contributed by atoms with Crippen LogP contribution in [0.2, 0.25) is 0 Å². The van der Waals surface area contributed by atoms with Gasteiger partial charge in [0, 0.05) is 12.3 Å². The molecular weight excluding hydrogens is 400 g/mol. The van der Waals surface area contributed by atoms with Crippen molar-refractivity contribution in [3.63, 3.8) is 0 Å². The van der Waals surface area contributed by atoms with Crippen molar-refractivity contribution in [2.75, 3.05) is 0 Å². The van der Waals surface area contributed by atoms with E-state index in [0.29, 0.717) is 0 Å². The summed E-state index contributed by atoms with van der Waals surface area (Å²) in [7, 11) is 0. The van der Waals surface area contributed by atoms with Gasteiger partial charge < -0.3 is 34.3 Å². The molecule has 6 fully saturated rings. The second kappa shape index (κ2) is 4.69. The molecule has 0 aromatic rings. The van der Waals surface area contributed by atoms with Gasteiger partial charge in [0.1, 0.15) is 12.2 Å². The molecule has 0 amide bonds. The van der Waals surface area contributed by atoms with Crippen molar-refractivity contribution in [3.05, 3.63) is 0 Å². The summed E-state index contributed by atoms with van der Waals surface area (Å²) in [6, 6.07) is 0. The molecule has 0 bridgehead atoms. The highest BCUT2D eigenvalue weighted by Crippen LogP contribution is 2.84. The zero-order chi connectivity index (χ0) is 21.8. The number of hydrogen-bond acceptors (Lipinski definition) is 10. The Morgan fingerprint density at radius 3 is 2.33 bits per heavy atom. The molecule has 3 N–H and O–H groups in total. The molecule has 2 spiro atoms. The van der Waals surface area contributed by atoms with E-state index in [1.807, 2.05) is 20.8 Å². The van der Waals surface area contributed by atoms with E-state index in [1.165, 1.54) is 6.92 Å². The van der Waals surface area contributed by atoms with Crippen LogP contribution in [0.1, 0.15) is 34.1 Å². The second-order valence-corrected chi connectivity index (χ2v) is 10.7. The van der Waals surface area contributed by atoms with Crippen molar-refractivity contribution in [1.29, 1.82) is 0 Å². The molecule has 2 aliphatic carbocycles. The molecule has 0 aromatic heterocycles. The number of carbonyl (C=O) groups excluding carboxylic acids is 3. The molecule has 30 heavy (non-hydrogen) atoms. The molecule has 11 atom stereocenters. The van der Waals surface area contributed by atoms with Gasteiger partial charge >= 0.3 is 17.9 Å². The van der Waals surface area contributed by atoms with Crippen LogP contribution in [0.15, 0.2) is 0 Å². The first-order chi connectivity index (χ1) is 13.8. The van der Waals surface area contributed by atoms with Gasteiger partial charge in [0.05, 0.1) is 22.9 Å². The van der Waals surface area contributed by atoms with E-state index in [0.717, 1.165) is 0 Å². The van der Waals surface area contributed by atoms with Crippen LogP contribution in [0, 0.1) is 28.1 Å². The highest BCUT2D eigenvalue weighted by atomic mass is 16.8. The Balaban J connectivity index is 1.71. The van der Waals surface area contributed by atoms with E-state index in [4.69, 9.17) is 18.9 Å². The summed E-state index contributed by atoms with van der Waals surface area (Å²) in [6.45, 7) is 6.97. The lowest BCUT2D eigenvalue weighted by molar-refractivity contribution is -0.239. The van der Waals surface area contributed by atoms with Crippen LogP contribution < -0.4 is 0 Å². The zero-order valence-electron chi connectivity index (χ0n) is 16.9. The fraction of sp³-hybridized carbons (Fsp3) is 0.850. The maximum atomic E-state index is 13.4. The van der Waals surface area contributed by atoms with Crippen molar-refractivity contribution in [3.8, 4) is 0 Å². The number of carbonyl (C=O) groups is 3. The Labute approximate surface area is 171 Å². The number of aliphatic hydroxyl groups is 3. The highest BCUT2D eigenvalue weighted by molar-refractivity contribution is 5.93. The average molecular weight is 424 g/mol. The van der Waals surface area contributed by atoms with Crippen molar-refractivity contribution >= 4 is 17.9 Å². The first-order valence-electron chi connectivity index (χ1n) is 10.2. The molecule has 4 aliphatic heterocycles. The van der Waals surface area contributed by atoms with Crippen LogP contribution >= 0.6 is 0 Å². The molecule has 10 nitrogen and oxygen atoms in total. The van der Waals surface area contributed by atoms with Crippen LogP contribution in [0.25, 0.3) is 0 Å². The molecule has 2 saturated carbocycles. The van der Waals surface area contributed by atoms with Crippen LogP contribution in [-0.2, 0) is 33.3 Å². The van der Waals surface area contributed by atoms with Crippen molar-refractivity contribution in [2.24, 2.45) is 28.1 Å². The molecule has 4 heterocycles. The maximum absolute atomic E-state index is 13.4. The van der Waals surface area contributed by atoms with E-state index in [2.05, 4.69) is 0 Å². The van der Waals surface area contributed by atoms with Gasteiger partial charge in [0.25, 0.3) is 0 Å². The third-order valence-electron chi connectivity index (χ3n) is 8.91. The van der Waals surface area contributed by atoms with E-state index >= 15 is 0 Å². The number of rotatable bonds is 0. The third kappa shape index (κ3) is 1.35.